The molecule has 1 aromatic carbocycles. The molecule has 2 aliphatic rings. The van der Waals surface area contributed by atoms with Gasteiger partial charge < -0.3 is 15.5 Å². The number of amides is 1. The van der Waals surface area contributed by atoms with E-state index in [2.05, 4.69) is 57.0 Å². The molecule has 3 heterocycles. The molecule has 144 valence electrons. The molecule has 1 atom stereocenters. The molecule has 7 heteroatoms. The maximum atomic E-state index is 12.6. The number of nitrogens with zero attached hydrogens (tertiary/aromatic N) is 4. The van der Waals surface area contributed by atoms with Gasteiger partial charge in [0.1, 0.15) is 0 Å². The predicted molar refractivity (Wildman–Crippen MR) is 105 cm³/mol. The molecule has 1 aromatic heterocycles. The third-order valence-corrected chi connectivity index (χ3v) is 5.78. The van der Waals surface area contributed by atoms with Crippen LogP contribution < -0.4 is 15.5 Å². The molecule has 0 radical (unpaired) electrons. The molecule has 0 bridgehead atoms. The van der Waals surface area contributed by atoms with Crippen LogP contribution in [-0.4, -0.2) is 53.1 Å². The Morgan fingerprint density at radius 3 is 2.89 bits per heavy atom. The third-order valence-electron chi connectivity index (χ3n) is 5.78. The summed E-state index contributed by atoms with van der Waals surface area (Å²) in [5.41, 5.74) is 3.98. The van der Waals surface area contributed by atoms with Crippen molar-refractivity contribution >= 4 is 11.6 Å². The van der Waals surface area contributed by atoms with Crippen molar-refractivity contribution in [2.45, 2.75) is 45.2 Å². The van der Waals surface area contributed by atoms with Gasteiger partial charge in [-0.2, -0.15) is 0 Å². The van der Waals surface area contributed by atoms with Crippen LogP contribution in [0.3, 0.4) is 0 Å². The van der Waals surface area contributed by atoms with Crippen LogP contribution in [0.15, 0.2) is 24.3 Å². The Labute approximate surface area is 160 Å². The molecule has 4 rings (SSSR count). The molecule has 2 N–H and O–H groups in total. The number of benzene rings is 1. The molecule has 27 heavy (non-hydrogen) atoms. The summed E-state index contributed by atoms with van der Waals surface area (Å²) >= 11 is 0. The van der Waals surface area contributed by atoms with Crippen molar-refractivity contribution in [2.24, 2.45) is 0 Å². The minimum atomic E-state index is -0.132. The molecule has 0 saturated carbocycles. The van der Waals surface area contributed by atoms with Crippen molar-refractivity contribution in [1.29, 1.82) is 0 Å². The monoisotopic (exact) mass is 368 g/mol. The summed E-state index contributed by atoms with van der Waals surface area (Å²) in [5, 5.41) is 14.8. The molecule has 1 fully saturated rings. The van der Waals surface area contributed by atoms with Gasteiger partial charge in [-0.3, -0.25) is 4.79 Å². The topological polar surface area (TPSA) is 75.1 Å². The number of carbonyl (C=O) groups is 1. The second-order valence-electron chi connectivity index (χ2n) is 7.58. The standard InChI is InChI=1S/C20H28N6O/c1-14-13-16-5-3-4-6-18(16)25(14)12-11-22-20(27)19-15(2)26(24-23-19)17-7-9-21-10-8-17/h3-6,14,17,21H,7-13H2,1-2H3,(H,22,27). The number of anilines is 1. The van der Waals surface area contributed by atoms with E-state index >= 15 is 0 Å². The average molecular weight is 368 g/mol. The van der Waals surface area contributed by atoms with Crippen LogP contribution in [0.5, 0.6) is 0 Å². The van der Waals surface area contributed by atoms with Crippen molar-refractivity contribution in [2.75, 3.05) is 31.1 Å². The maximum Gasteiger partial charge on any atom is 0.273 e. The second-order valence-corrected chi connectivity index (χ2v) is 7.58. The van der Waals surface area contributed by atoms with Crippen LogP contribution in [0.4, 0.5) is 5.69 Å². The highest BCUT2D eigenvalue weighted by Gasteiger charge is 2.26. The molecule has 1 saturated heterocycles. The molecular formula is C20H28N6O. The Morgan fingerprint density at radius 1 is 1.30 bits per heavy atom. The Hall–Kier alpha value is -2.41. The van der Waals surface area contributed by atoms with Crippen molar-refractivity contribution in [1.82, 2.24) is 25.6 Å². The maximum absolute atomic E-state index is 12.6. The number of carbonyl (C=O) groups excluding carboxylic acids is 1. The highest BCUT2D eigenvalue weighted by atomic mass is 16.2. The fraction of sp³-hybridized carbons (Fsp3) is 0.550. The summed E-state index contributed by atoms with van der Waals surface area (Å²) in [6.07, 6.45) is 3.11. The van der Waals surface area contributed by atoms with Crippen LogP contribution in [0, 0.1) is 6.92 Å². The smallest absolute Gasteiger partial charge is 0.273 e. The number of hydrogen-bond acceptors (Lipinski definition) is 5. The molecular weight excluding hydrogens is 340 g/mol. The summed E-state index contributed by atoms with van der Waals surface area (Å²) in [5.74, 6) is -0.132. The zero-order chi connectivity index (χ0) is 18.8. The lowest BCUT2D eigenvalue weighted by Crippen LogP contribution is -2.38. The molecule has 7 nitrogen and oxygen atoms in total. The van der Waals surface area contributed by atoms with Crippen LogP contribution in [0.1, 0.15) is 47.6 Å². The van der Waals surface area contributed by atoms with Crippen molar-refractivity contribution in [3.8, 4) is 0 Å². The largest absolute Gasteiger partial charge is 0.367 e. The van der Waals surface area contributed by atoms with Gasteiger partial charge in [0.05, 0.1) is 11.7 Å². The normalized spacial score (nSPS) is 19.9. The molecule has 0 aliphatic carbocycles. The van der Waals surface area contributed by atoms with Gasteiger partial charge in [0.25, 0.3) is 5.91 Å². The van der Waals surface area contributed by atoms with Gasteiger partial charge >= 0.3 is 0 Å². The fourth-order valence-corrected chi connectivity index (χ4v) is 4.29. The van der Waals surface area contributed by atoms with E-state index in [1.807, 2.05) is 11.6 Å². The Bertz CT molecular complexity index is 811. The van der Waals surface area contributed by atoms with Gasteiger partial charge in [0, 0.05) is 24.8 Å². The zero-order valence-corrected chi connectivity index (χ0v) is 16.1. The van der Waals surface area contributed by atoms with Crippen LogP contribution in [-0.2, 0) is 6.42 Å². The zero-order valence-electron chi connectivity index (χ0n) is 16.1. The number of nitrogens with one attached hydrogen (secondary N) is 2. The summed E-state index contributed by atoms with van der Waals surface area (Å²) in [6, 6.07) is 9.31. The highest BCUT2D eigenvalue weighted by molar-refractivity contribution is 5.93. The number of hydrogen-bond donors (Lipinski definition) is 2. The first-order valence-electron chi connectivity index (χ1n) is 9.90. The van der Waals surface area contributed by atoms with E-state index in [1.54, 1.807) is 0 Å². The number of rotatable bonds is 5. The van der Waals surface area contributed by atoms with E-state index in [0.717, 1.165) is 44.6 Å². The summed E-state index contributed by atoms with van der Waals surface area (Å²) in [7, 11) is 0. The summed E-state index contributed by atoms with van der Waals surface area (Å²) in [6.45, 7) is 7.54. The van der Waals surface area contributed by atoms with E-state index in [9.17, 15) is 4.79 Å². The van der Waals surface area contributed by atoms with Gasteiger partial charge in [-0.05, 0) is 57.8 Å². The first kappa shape index (κ1) is 18.0. The lowest BCUT2D eigenvalue weighted by Gasteiger charge is -2.25. The van der Waals surface area contributed by atoms with E-state index in [1.165, 1.54) is 11.3 Å². The Morgan fingerprint density at radius 2 is 2.07 bits per heavy atom. The first-order valence-corrected chi connectivity index (χ1v) is 9.90. The number of para-hydroxylation sites is 1. The van der Waals surface area contributed by atoms with E-state index < -0.39 is 0 Å². The molecule has 2 aliphatic heterocycles. The van der Waals surface area contributed by atoms with Crippen LogP contribution >= 0.6 is 0 Å². The van der Waals surface area contributed by atoms with Gasteiger partial charge in [-0.1, -0.05) is 23.4 Å². The molecule has 2 aromatic rings. The first-order chi connectivity index (χ1) is 13.1. The van der Waals surface area contributed by atoms with Crippen LogP contribution in [0.25, 0.3) is 0 Å². The third kappa shape index (κ3) is 3.56. The van der Waals surface area contributed by atoms with Gasteiger partial charge in [-0.15, -0.1) is 5.10 Å². The highest BCUT2D eigenvalue weighted by Crippen LogP contribution is 2.31. The van der Waals surface area contributed by atoms with Gasteiger partial charge in [-0.25, -0.2) is 4.68 Å². The van der Waals surface area contributed by atoms with Gasteiger partial charge in [0.2, 0.25) is 0 Å². The van der Waals surface area contributed by atoms with E-state index in [-0.39, 0.29) is 5.91 Å². The minimum absolute atomic E-state index is 0.132. The lowest BCUT2D eigenvalue weighted by atomic mass is 10.1. The number of aromatic nitrogens is 3. The van der Waals surface area contributed by atoms with Crippen molar-refractivity contribution in [3.05, 3.63) is 41.2 Å². The lowest BCUT2D eigenvalue weighted by molar-refractivity contribution is 0.0948. The Kier molecular flexibility index (Phi) is 5.11. The van der Waals surface area contributed by atoms with E-state index in [0.29, 0.717) is 24.3 Å². The van der Waals surface area contributed by atoms with Gasteiger partial charge in [0.15, 0.2) is 5.69 Å². The number of fused-ring (bicyclic) bond motifs is 1. The quantitative estimate of drug-likeness (QED) is 0.840. The van der Waals surface area contributed by atoms with Crippen molar-refractivity contribution in [3.63, 3.8) is 0 Å². The average Bonchev–Trinajstić information content (AvgIpc) is 3.22. The SMILES string of the molecule is Cc1c(C(=O)NCCN2c3ccccc3CC2C)nnn1C1CCNCC1. The number of piperidine rings is 1. The van der Waals surface area contributed by atoms with Crippen molar-refractivity contribution < 1.29 is 4.79 Å². The second kappa shape index (κ2) is 7.68. The predicted octanol–water partition coefficient (Wildman–Crippen LogP) is 1.69. The Balaban J connectivity index is 1.36. The summed E-state index contributed by atoms with van der Waals surface area (Å²) < 4.78 is 1.93. The van der Waals surface area contributed by atoms with Crippen LogP contribution in [0.2, 0.25) is 0 Å². The fourth-order valence-electron chi connectivity index (χ4n) is 4.29. The van der Waals surface area contributed by atoms with E-state index in [4.69, 9.17) is 0 Å². The molecule has 1 unspecified atom stereocenters. The molecule has 0 spiro atoms. The minimum Gasteiger partial charge on any atom is -0.367 e. The summed E-state index contributed by atoms with van der Waals surface area (Å²) in [4.78, 5) is 15.0. The molecule has 1 amide bonds.